The molecule has 0 aromatic carbocycles. The Morgan fingerprint density at radius 1 is 1.30 bits per heavy atom. The fourth-order valence-corrected chi connectivity index (χ4v) is 1.44. The molecule has 1 rings (SSSR count). The Hall–Kier alpha value is -1.57. The van der Waals surface area contributed by atoms with Gasteiger partial charge < -0.3 is 14.6 Å². The van der Waals surface area contributed by atoms with Crippen molar-refractivity contribution in [3.05, 3.63) is 0 Å². The largest absolute Gasteiger partial charge is 0.481 e. The average molecular weight is 296 g/mol. The maximum absolute atomic E-state index is 11.5. The van der Waals surface area contributed by atoms with Gasteiger partial charge in [0.2, 0.25) is 0 Å². The van der Waals surface area contributed by atoms with E-state index in [4.69, 9.17) is 5.11 Å². The second-order valence-corrected chi connectivity index (χ2v) is 4.21. The number of hydrogen-bond acceptors (Lipinski definition) is 5. The monoisotopic (exact) mass is 296 g/mol. The quantitative estimate of drug-likeness (QED) is 0.591. The van der Waals surface area contributed by atoms with Crippen molar-refractivity contribution in [3.8, 4) is 0 Å². The van der Waals surface area contributed by atoms with E-state index < -0.39 is 30.6 Å². The highest BCUT2D eigenvalue weighted by Gasteiger charge is 2.36. The molecule has 116 valence electrons. The van der Waals surface area contributed by atoms with E-state index in [0.717, 1.165) is 0 Å². The number of halogens is 2. The molecule has 0 spiro atoms. The molecular weight excluding hydrogens is 278 g/mol. The van der Waals surface area contributed by atoms with Crippen molar-refractivity contribution in [2.75, 3.05) is 6.61 Å². The average Bonchev–Trinajstić information content (AvgIpc) is 2.22. The zero-order valence-electron chi connectivity index (χ0n) is 11.3. The number of carboxylic acid groups (broad SMARTS) is 1. The summed E-state index contributed by atoms with van der Waals surface area (Å²) in [7, 11) is 0. The molecule has 1 aliphatic carbocycles. The number of rotatable bonds is 6. The number of carbonyl (C=O) groups is 3. The number of Topliss-reactive ketones (excluding diaryl/α,β-unsaturated/α-hetero) is 1. The van der Waals surface area contributed by atoms with Crippen LogP contribution in [0.2, 0.25) is 0 Å². The van der Waals surface area contributed by atoms with Gasteiger partial charge >= 0.3 is 18.6 Å². The van der Waals surface area contributed by atoms with Crippen LogP contribution in [0.15, 0.2) is 0 Å². The van der Waals surface area contributed by atoms with E-state index in [1.807, 2.05) is 0 Å². The second kappa shape index (κ2) is 9.35. The molecule has 20 heavy (non-hydrogen) atoms. The molecule has 0 heterocycles. The van der Waals surface area contributed by atoms with E-state index >= 15 is 0 Å². The molecule has 8 heteroatoms. The van der Waals surface area contributed by atoms with Crippen LogP contribution in [0.4, 0.5) is 8.78 Å². The van der Waals surface area contributed by atoms with Crippen LogP contribution in [0.3, 0.4) is 0 Å². The number of carbonyl (C=O) groups excluding carboxylic acids is 2. The van der Waals surface area contributed by atoms with Crippen LogP contribution in [0.1, 0.15) is 33.1 Å². The minimum Gasteiger partial charge on any atom is -0.481 e. The molecule has 0 atom stereocenters. The van der Waals surface area contributed by atoms with Crippen LogP contribution in [-0.2, 0) is 23.9 Å². The Labute approximate surface area is 115 Å². The predicted molar refractivity (Wildman–Crippen MR) is 63.2 cm³/mol. The van der Waals surface area contributed by atoms with Gasteiger partial charge in [0.05, 0.1) is 18.6 Å². The van der Waals surface area contributed by atoms with Crippen molar-refractivity contribution in [1.29, 1.82) is 0 Å². The van der Waals surface area contributed by atoms with Gasteiger partial charge in [-0.05, 0) is 26.7 Å². The van der Waals surface area contributed by atoms with Crippen molar-refractivity contribution in [1.82, 2.24) is 0 Å². The molecule has 0 radical (unpaired) electrons. The van der Waals surface area contributed by atoms with E-state index in [-0.39, 0.29) is 25.0 Å². The highest BCUT2D eigenvalue weighted by Crippen LogP contribution is 2.31. The Kier molecular flexibility index (Phi) is 8.62. The van der Waals surface area contributed by atoms with Crippen LogP contribution in [0.5, 0.6) is 0 Å². The maximum Gasteiger partial charge on any atom is 0.345 e. The van der Waals surface area contributed by atoms with Crippen molar-refractivity contribution < 1.29 is 37.7 Å². The molecule has 0 unspecified atom stereocenters. The molecule has 1 saturated carbocycles. The van der Waals surface area contributed by atoms with E-state index in [0.29, 0.717) is 6.61 Å². The first kappa shape index (κ1) is 18.4. The maximum atomic E-state index is 11.5. The first-order chi connectivity index (χ1) is 9.26. The Bertz CT molecular complexity index is 339. The summed E-state index contributed by atoms with van der Waals surface area (Å²) in [5.74, 6) is -2.02. The third-order valence-corrected chi connectivity index (χ3v) is 2.44. The first-order valence-electron chi connectivity index (χ1n) is 6.07. The van der Waals surface area contributed by atoms with Gasteiger partial charge in [-0.15, -0.1) is 0 Å². The number of carboxylic acids is 1. The third-order valence-electron chi connectivity index (χ3n) is 2.44. The van der Waals surface area contributed by atoms with Crippen LogP contribution < -0.4 is 0 Å². The molecule has 0 bridgehead atoms. The topological polar surface area (TPSA) is 89.9 Å². The van der Waals surface area contributed by atoms with Crippen LogP contribution in [0.25, 0.3) is 0 Å². The summed E-state index contributed by atoms with van der Waals surface area (Å²) in [5.41, 5.74) is 0. The molecule has 1 fully saturated rings. The van der Waals surface area contributed by atoms with Gasteiger partial charge in [0.1, 0.15) is 12.2 Å². The third kappa shape index (κ3) is 8.52. The Balaban J connectivity index is 0.000000370. The molecule has 1 aliphatic rings. The van der Waals surface area contributed by atoms with Crippen molar-refractivity contribution in [3.63, 3.8) is 0 Å². The van der Waals surface area contributed by atoms with E-state index in [1.165, 1.54) is 6.92 Å². The molecule has 0 amide bonds. The van der Waals surface area contributed by atoms with Crippen LogP contribution >= 0.6 is 0 Å². The Morgan fingerprint density at radius 3 is 2.20 bits per heavy atom. The summed E-state index contributed by atoms with van der Waals surface area (Å²) in [4.78, 5) is 30.8. The summed E-state index contributed by atoms with van der Waals surface area (Å²) in [5, 5.41) is 8.34. The lowest BCUT2D eigenvalue weighted by Gasteiger charge is -2.31. The van der Waals surface area contributed by atoms with Gasteiger partial charge in [-0.25, -0.2) is 0 Å². The smallest absolute Gasteiger partial charge is 0.345 e. The van der Waals surface area contributed by atoms with Gasteiger partial charge in [0.15, 0.2) is 0 Å². The molecule has 0 saturated heterocycles. The van der Waals surface area contributed by atoms with Gasteiger partial charge in [-0.3, -0.25) is 14.4 Å². The SMILES string of the molecule is CCOC(=O)CC(C)=O.O=C(O)C1CC(OC(F)F)C1. The van der Waals surface area contributed by atoms with Crippen LogP contribution in [0, 0.1) is 5.92 Å². The van der Waals surface area contributed by atoms with Crippen molar-refractivity contribution in [2.45, 2.75) is 45.8 Å². The number of esters is 1. The molecule has 1 N–H and O–H groups in total. The summed E-state index contributed by atoms with van der Waals surface area (Å²) >= 11 is 0. The molecule has 0 aromatic heterocycles. The van der Waals surface area contributed by atoms with Gasteiger partial charge in [-0.1, -0.05) is 0 Å². The molecule has 0 aliphatic heterocycles. The number of alkyl halides is 2. The summed E-state index contributed by atoms with van der Waals surface area (Å²) in [6.45, 7) is 0.621. The summed E-state index contributed by atoms with van der Waals surface area (Å²) in [6.07, 6.45) is -0.246. The molecule has 6 nitrogen and oxygen atoms in total. The zero-order valence-corrected chi connectivity index (χ0v) is 11.3. The zero-order chi connectivity index (χ0) is 15.7. The standard InChI is InChI=1S/C6H8F2O3.C6H10O3/c7-6(8)11-4-1-3(2-4)5(9)10;1-3-9-6(8)4-5(2)7/h3-4,6H,1-2H2,(H,9,10);3-4H2,1-2H3. The molecular formula is C12H18F2O6. The normalized spacial score (nSPS) is 20.4. The van der Waals surface area contributed by atoms with E-state index in [9.17, 15) is 23.2 Å². The number of ketones is 1. The first-order valence-corrected chi connectivity index (χ1v) is 6.07. The minimum absolute atomic E-state index is 0.103. The highest BCUT2D eigenvalue weighted by molar-refractivity contribution is 5.94. The van der Waals surface area contributed by atoms with Crippen LogP contribution in [-0.4, -0.2) is 42.2 Å². The minimum atomic E-state index is -2.78. The van der Waals surface area contributed by atoms with Crippen molar-refractivity contribution in [2.24, 2.45) is 5.92 Å². The number of hydrogen-bond donors (Lipinski definition) is 1. The van der Waals surface area contributed by atoms with Crippen molar-refractivity contribution >= 4 is 17.7 Å². The lowest BCUT2D eigenvalue weighted by molar-refractivity contribution is -0.197. The second-order valence-electron chi connectivity index (χ2n) is 4.21. The van der Waals surface area contributed by atoms with Gasteiger partial charge in [0.25, 0.3) is 0 Å². The van der Waals surface area contributed by atoms with Gasteiger partial charge in [-0.2, -0.15) is 8.78 Å². The summed E-state index contributed by atoms with van der Waals surface area (Å²) < 4.78 is 31.5. The number of ether oxygens (including phenoxy) is 2. The predicted octanol–water partition coefficient (Wildman–Crippen LogP) is 1.62. The fourth-order valence-electron chi connectivity index (χ4n) is 1.44. The summed E-state index contributed by atoms with van der Waals surface area (Å²) in [6, 6.07) is 0. The number of aliphatic carboxylic acids is 1. The fraction of sp³-hybridized carbons (Fsp3) is 0.750. The highest BCUT2D eigenvalue weighted by atomic mass is 19.3. The molecule has 0 aromatic rings. The van der Waals surface area contributed by atoms with Gasteiger partial charge in [0, 0.05) is 0 Å². The Morgan fingerprint density at radius 2 is 1.85 bits per heavy atom. The lowest BCUT2D eigenvalue weighted by Crippen LogP contribution is -2.37. The van der Waals surface area contributed by atoms with E-state index in [2.05, 4.69) is 9.47 Å². The van der Waals surface area contributed by atoms with E-state index in [1.54, 1.807) is 6.92 Å². The lowest BCUT2D eigenvalue weighted by atomic mass is 9.82.